The van der Waals surface area contributed by atoms with Crippen molar-refractivity contribution in [3.05, 3.63) is 17.6 Å². The molecule has 0 bridgehead atoms. The number of aromatic amines is 1. The second-order valence-electron chi connectivity index (χ2n) is 4.33. The van der Waals surface area contributed by atoms with Crippen molar-refractivity contribution in [1.82, 2.24) is 19.5 Å². The fourth-order valence-electron chi connectivity index (χ4n) is 2.04. The van der Waals surface area contributed by atoms with Crippen LogP contribution in [0.1, 0.15) is 38.3 Å². The number of H-pyrrole nitrogens is 1. The van der Waals surface area contributed by atoms with Crippen molar-refractivity contribution >= 4 is 11.2 Å². The minimum atomic E-state index is 0.304. The third-order valence-corrected chi connectivity index (χ3v) is 3.00. The van der Waals surface area contributed by atoms with Crippen molar-refractivity contribution in [2.75, 3.05) is 0 Å². The summed E-state index contributed by atoms with van der Waals surface area (Å²) in [6, 6.07) is 0. The molecule has 0 atom stereocenters. The molecule has 0 aliphatic carbocycles. The van der Waals surface area contributed by atoms with Crippen molar-refractivity contribution in [3.8, 4) is 0 Å². The third-order valence-electron chi connectivity index (χ3n) is 3.00. The van der Waals surface area contributed by atoms with E-state index in [1.165, 1.54) is 19.3 Å². The van der Waals surface area contributed by atoms with Crippen LogP contribution in [0.15, 0.2) is 6.33 Å². The van der Waals surface area contributed by atoms with Crippen LogP contribution in [0, 0.1) is 12.3 Å². The molecule has 2 N–H and O–H groups in total. The average molecular weight is 233 g/mol. The molecule has 2 heterocycles. The number of hydrogen-bond donors (Lipinski definition) is 2. The van der Waals surface area contributed by atoms with Gasteiger partial charge in [0.15, 0.2) is 5.65 Å². The third kappa shape index (κ3) is 2.38. The van der Waals surface area contributed by atoms with E-state index >= 15 is 0 Å². The highest BCUT2D eigenvalue weighted by molar-refractivity contribution is 5.72. The Kier molecular flexibility index (Phi) is 3.56. The van der Waals surface area contributed by atoms with Crippen LogP contribution in [0.5, 0.6) is 0 Å². The van der Waals surface area contributed by atoms with Crippen molar-refractivity contribution in [1.29, 1.82) is 5.41 Å². The molecule has 5 heteroatoms. The minimum absolute atomic E-state index is 0.304. The van der Waals surface area contributed by atoms with E-state index in [2.05, 4.69) is 21.9 Å². The summed E-state index contributed by atoms with van der Waals surface area (Å²) in [7, 11) is 0. The Labute approximate surface area is 100 Å². The molecule has 0 amide bonds. The summed E-state index contributed by atoms with van der Waals surface area (Å²) >= 11 is 0. The number of nitrogens with zero attached hydrogens (tertiary/aromatic N) is 3. The zero-order valence-electron chi connectivity index (χ0n) is 10.5. The normalized spacial score (nSPS) is 11.2. The maximum Gasteiger partial charge on any atom is 0.223 e. The molecular formula is C12H19N5. The van der Waals surface area contributed by atoms with Gasteiger partial charge in [-0.1, -0.05) is 26.2 Å². The Hall–Kier alpha value is -1.65. The van der Waals surface area contributed by atoms with Crippen LogP contribution in [-0.2, 0) is 6.54 Å². The number of fused-ring (bicyclic) bond motifs is 1. The summed E-state index contributed by atoms with van der Waals surface area (Å²) in [5.74, 6) is 0. The van der Waals surface area contributed by atoms with E-state index in [4.69, 9.17) is 5.41 Å². The Morgan fingerprint density at radius 1 is 1.35 bits per heavy atom. The van der Waals surface area contributed by atoms with E-state index in [1.807, 2.05) is 11.5 Å². The number of rotatable bonds is 5. The Balaban J connectivity index is 2.27. The Bertz CT molecular complexity index is 552. The van der Waals surface area contributed by atoms with Gasteiger partial charge in [0, 0.05) is 6.54 Å². The first-order valence-electron chi connectivity index (χ1n) is 6.19. The summed E-state index contributed by atoms with van der Waals surface area (Å²) in [4.78, 5) is 11.6. The quantitative estimate of drug-likeness (QED) is 0.777. The van der Waals surface area contributed by atoms with Gasteiger partial charge in [0.05, 0.1) is 12.0 Å². The molecule has 2 aromatic heterocycles. The van der Waals surface area contributed by atoms with Crippen molar-refractivity contribution in [2.24, 2.45) is 0 Å². The monoisotopic (exact) mass is 233 g/mol. The molecule has 2 rings (SSSR count). The van der Waals surface area contributed by atoms with Gasteiger partial charge in [-0.25, -0.2) is 9.97 Å². The predicted octanol–water partition coefficient (Wildman–Crippen LogP) is 2.13. The number of aromatic nitrogens is 4. The van der Waals surface area contributed by atoms with Crippen LogP contribution >= 0.6 is 0 Å². The number of hydrogen-bond acceptors (Lipinski definition) is 3. The molecule has 2 aromatic rings. The van der Waals surface area contributed by atoms with E-state index in [0.29, 0.717) is 5.62 Å². The molecule has 0 saturated carbocycles. The van der Waals surface area contributed by atoms with E-state index < -0.39 is 0 Å². The first kappa shape index (κ1) is 11.8. The lowest BCUT2D eigenvalue weighted by Crippen LogP contribution is -2.24. The standard InChI is InChI=1S/C12H19N5/c1-3-4-5-6-7-17-11-10(14-8-15-11)9(2)16-12(17)13/h8,13H,3-7H2,1-2H3,(H,14,15). The van der Waals surface area contributed by atoms with Crippen LogP contribution in [0.3, 0.4) is 0 Å². The van der Waals surface area contributed by atoms with Crippen LogP contribution in [0.2, 0.25) is 0 Å². The molecular weight excluding hydrogens is 214 g/mol. The molecule has 0 fully saturated rings. The molecule has 0 saturated heterocycles. The summed E-state index contributed by atoms with van der Waals surface area (Å²) in [6.45, 7) is 4.93. The van der Waals surface area contributed by atoms with Gasteiger partial charge in [-0.2, -0.15) is 0 Å². The fraction of sp³-hybridized carbons (Fsp3) is 0.583. The van der Waals surface area contributed by atoms with Gasteiger partial charge >= 0.3 is 0 Å². The summed E-state index contributed by atoms with van der Waals surface area (Å²) in [5, 5.41) is 7.91. The van der Waals surface area contributed by atoms with Gasteiger partial charge in [-0.3, -0.25) is 9.98 Å². The lowest BCUT2D eigenvalue weighted by Gasteiger charge is -2.08. The smallest absolute Gasteiger partial charge is 0.223 e. The van der Waals surface area contributed by atoms with Crippen LogP contribution in [0.25, 0.3) is 11.2 Å². The molecule has 0 aromatic carbocycles. The fourth-order valence-corrected chi connectivity index (χ4v) is 2.04. The van der Waals surface area contributed by atoms with Crippen molar-refractivity contribution in [2.45, 2.75) is 46.1 Å². The van der Waals surface area contributed by atoms with Crippen LogP contribution in [-0.4, -0.2) is 19.5 Å². The highest BCUT2D eigenvalue weighted by Crippen LogP contribution is 2.10. The molecule has 92 valence electrons. The predicted molar refractivity (Wildman–Crippen MR) is 66.6 cm³/mol. The average Bonchev–Trinajstić information content (AvgIpc) is 2.77. The maximum atomic E-state index is 7.91. The summed E-state index contributed by atoms with van der Waals surface area (Å²) in [6.07, 6.45) is 6.42. The lowest BCUT2D eigenvalue weighted by molar-refractivity contribution is 0.562. The highest BCUT2D eigenvalue weighted by Gasteiger charge is 2.07. The molecule has 5 nitrogen and oxygen atoms in total. The highest BCUT2D eigenvalue weighted by atomic mass is 15.1. The Morgan fingerprint density at radius 3 is 2.94 bits per heavy atom. The minimum Gasteiger partial charge on any atom is -0.342 e. The largest absolute Gasteiger partial charge is 0.342 e. The van der Waals surface area contributed by atoms with Crippen molar-refractivity contribution in [3.63, 3.8) is 0 Å². The summed E-state index contributed by atoms with van der Waals surface area (Å²) in [5.41, 5.74) is 2.93. The summed E-state index contributed by atoms with van der Waals surface area (Å²) < 4.78 is 1.88. The van der Waals surface area contributed by atoms with Gasteiger partial charge in [0.25, 0.3) is 0 Å². The molecule has 0 spiro atoms. The zero-order valence-corrected chi connectivity index (χ0v) is 10.5. The van der Waals surface area contributed by atoms with Gasteiger partial charge in [0.1, 0.15) is 5.52 Å². The van der Waals surface area contributed by atoms with Crippen LogP contribution in [0.4, 0.5) is 0 Å². The SMILES string of the molecule is CCCCCCn1c(=N)nc(C)c2[nH]cnc21. The topological polar surface area (TPSA) is 70.3 Å². The lowest BCUT2D eigenvalue weighted by atomic mass is 10.2. The van der Waals surface area contributed by atoms with Gasteiger partial charge < -0.3 is 4.98 Å². The second kappa shape index (κ2) is 5.12. The molecule has 0 radical (unpaired) electrons. The van der Waals surface area contributed by atoms with E-state index in [0.717, 1.165) is 29.8 Å². The van der Waals surface area contributed by atoms with Crippen molar-refractivity contribution < 1.29 is 0 Å². The first-order valence-corrected chi connectivity index (χ1v) is 6.19. The molecule has 17 heavy (non-hydrogen) atoms. The number of unbranched alkanes of at least 4 members (excludes halogenated alkanes) is 3. The van der Waals surface area contributed by atoms with E-state index in [-0.39, 0.29) is 0 Å². The second-order valence-corrected chi connectivity index (χ2v) is 4.33. The van der Waals surface area contributed by atoms with Gasteiger partial charge in [-0.15, -0.1) is 0 Å². The van der Waals surface area contributed by atoms with E-state index in [9.17, 15) is 0 Å². The number of nitrogens with one attached hydrogen (secondary N) is 2. The Morgan fingerprint density at radius 2 is 2.18 bits per heavy atom. The zero-order chi connectivity index (χ0) is 12.3. The molecule has 0 unspecified atom stereocenters. The molecule has 0 aliphatic heterocycles. The first-order chi connectivity index (χ1) is 8.24. The maximum absolute atomic E-state index is 7.91. The number of imidazole rings is 1. The van der Waals surface area contributed by atoms with E-state index in [1.54, 1.807) is 6.33 Å². The van der Waals surface area contributed by atoms with Gasteiger partial charge in [0.2, 0.25) is 5.62 Å². The van der Waals surface area contributed by atoms with Gasteiger partial charge in [-0.05, 0) is 13.3 Å². The number of aryl methyl sites for hydroxylation is 2. The molecule has 0 aliphatic rings. The van der Waals surface area contributed by atoms with Crippen LogP contribution < -0.4 is 5.62 Å².